The van der Waals surface area contributed by atoms with Crippen LogP contribution in [0.2, 0.25) is 0 Å². The number of likely N-dealkylation sites (tertiary alicyclic amines) is 1. The summed E-state index contributed by atoms with van der Waals surface area (Å²) in [5.74, 6) is -2.97. The Morgan fingerprint density at radius 1 is 1.07 bits per heavy atom. The molecule has 0 unspecified atom stereocenters. The second kappa shape index (κ2) is 11.4. The molecule has 40 heavy (non-hydrogen) atoms. The first-order valence-corrected chi connectivity index (χ1v) is 13.6. The molecule has 10 heteroatoms. The maximum atomic E-state index is 14.3. The lowest BCUT2D eigenvalue weighted by Crippen LogP contribution is -2.49. The van der Waals surface area contributed by atoms with Crippen molar-refractivity contribution in [3.05, 3.63) is 59.3 Å². The fourth-order valence-electron chi connectivity index (χ4n) is 6.33. The van der Waals surface area contributed by atoms with E-state index >= 15 is 0 Å². The fraction of sp³-hybridized carbons (Fsp3) is 0.567. The van der Waals surface area contributed by atoms with Gasteiger partial charge >= 0.3 is 12.1 Å². The van der Waals surface area contributed by atoms with Crippen LogP contribution in [-0.2, 0) is 20.5 Å². The minimum absolute atomic E-state index is 0.105. The lowest BCUT2D eigenvalue weighted by atomic mass is 9.73. The largest absolute Gasteiger partial charge is 0.480 e. The first-order valence-electron chi connectivity index (χ1n) is 13.6. The lowest BCUT2D eigenvalue weighted by molar-refractivity contribution is -0.155. The van der Waals surface area contributed by atoms with Gasteiger partial charge in [-0.2, -0.15) is 13.2 Å². The van der Waals surface area contributed by atoms with Crippen molar-refractivity contribution in [1.82, 2.24) is 9.88 Å². The van der Waals surface area contributed by atoms with Gasteiger partial charge in [-0.05, 0) is 43.2 Å². The number of benzene rings is 1. The van der Waals surface area contributed by atoms with Crippen molar-refractivity contribution in [3.8, 4) is 5.88 Å². The van der Waals surface area contributed by atoms with Crippen molar-refractivity contribution in [2.24, 2.45) is 17.3 Å². The fourth-order valence-corrected chi connectivity index (χ4v) is 6.33. The molecule has 1 aromatic heterocycles. The van der Waals surface area contributed by atoms with Crippen LogP contribution in [0, 0.1) is 24.2 Å². The molecule has 2 aliphatic rings. The third kappa shape index (κ3) is 6.11. The Bertz CT molecular complexity index is 1210. The number of carbonyl (C=O) groups is 2. The number of pyridine rings is 1. The van der Waals surface area contributed by atoms with Gasteiger partial charge in [-0.1, -0.05) is 57.5 Å². The summed E-state index contributed by atoms with van der Waals surface area (Å²) in [6.45, 7) is 7.00. The molecule has 218 valence electrons. The van der Waals surface area contributed by atoms with E-state index in [0.717, 1.165) is 25.0 Å². The molecule has 7 nitrogen and oxygen atoms in total. The molecule has 2 fully saturated rings. The molecule has 1 N–H and O–H groups in total. The summed E-state index contributed by atoms with van der Waals surface area (Å²) in [4.78, 5) is 32.8. The number of aryl methyl sites for hydroxylation is 1. The van der Waals surface area contributed by atoms with E-state index in [4.69, 9.17) is 9.47 Å². The van der Waals surface area contributed by atoms with Crippen LogP contribution in [0.5, 0.6) is 5.88 Å². The Labute approximate surface area is 232 Å². The molecule has 0 bridgehead atoms. The summed E-state index contributed by atoms with van der Waals surface area (Å²) < 4.78 is 52.8. The van der Waals surface area contributed by atoms with Crippen LogP contribution in [0.1, 0.15) is 69.3 Å². The summed E-state index contributed by atoms with van der Waals surface area (Å²) in [6, 6.07) is 8.58. The van der Waals surface area contributed by atoms with Gasteiger partial charge in [-0.3, -0.25) is 4.79 Å². The number of alkyl halides is 3. The van der Waals surface area contributed by atoms with E-state index in [1.807, 2.05) is 20.8 Å². The normalized spacial score (nSPS) is 27.4. The summed E-state index contributed by atoms with van der Waals surface area (Å²) in [6.07, 6.45) is -3.04. The van der Waals surface area contributed by atoms with Gasteiger partial charge in [0.15, 0.2) is 0 Å². The number of carboxylic acids is 1. The number of carbonyl (C=O) groups excluding carboxylic acids is 1. The lowest BCUT2D eigenvalue weighted by Gasteiger charge is -2.36. The quantitative estimate of drug-likeness (QED) is 0.461. The number of rotatable bonds is 6. The molecule has 1 aromatic carbocycles. The number of aromatic nitrogens is 1. The van der Waals surface area contributed by atoms with Gasteiger partial charge in [0.25, 0.3) is 0 Å². The Morgan fingerprint density at radius 3 is 2.33 bits per heavy atom. The summed E-state index contributed by atoms with van der Waals surface area (Å²) in [5, 5.41) is 10.6. The van der Waals surface area contributed by atoms with Crippen LogP contribution in [-0.4, -0.2) is 52.2 Å². The number of carboxylic acid groups (broad SMARTS) is 1. The Morgan fingerprint density at radius 2 is 1.75 bits per heavy atom. The van der Waals surface area contributed by atoms with Crippen LogP contribution in [0.25, 0.3) is 0 Å². The van der Waals surface area contributed by atoms with E-state index in [1.165, 1.54) is 11.8 Å². The average molecular weight is 563 g/mol. The Hall–Kier alpha value is -3.14. The summed E-state index contributed by atoms with van der Waals surface area (Å²) in [5.41, 5.74) is -0.857. The maximum Gasteiger partial charge on any atom is 0.416 e. The number of nitrogens with zero attached hydrogens (tertiary/aromatic N) is 2. The second-order valence-corrected chi connectivity index (χ2v) is 11.9. The van der Waals surface area contributed by atoms with E-state index in [-0.39, 0.29) is 23.6 Å². The van der Waals surface area contributed by atoms with Gasteiger partial charge in [0.1, 0.15) is 12.1 Å². The third-order valence-corrected chi connectivity index (χ3v) is 8.08. The minimum atomic E-state index is -4.62. The monoisotopic (exact) mass is 562 g/mol. The van der Waals surface area contributed by atoms with Crippen LogP contribution < -0.4 is 4.74 Å². The summed E-state index contributed by atoms with van der Waals surface area (Å²) in [7, 11) is 1.60. The van der Waals surface area contributed by atoms with Crippen LogP contribution in [0.4, 0.5) is 13.2 Å². The average Bonchev–Trinajstić information content (AvgIpc) is 3.23. The van der Waals surface area contributed by atoms with E-state index in [0.29, 0.717) is 18.4 Å². The molecule has 0 spiro atoms. The molecule has 4 rings (SSSR count). The first kappa shape index (κ1) is 29.8. The van der Waals surface area contributed by atoms with E-state index in [9.17, 15) is 27.9 Å². The van der Waals surface area contributed by atoms with Gasteiger partial charge < -0.3 is 19.5 Å². The van der Waals surface area contributed by atoms with Crippen molar-refractivity contribution in [2.75, 3.05) is 7.11 Å². The van der Waals surface area contributed by atoms with Crippen molar-refractivity contribution in [2.45, 2.75) is 83.8 Å². The van der Waals surface area contributed by atoms with E-state index in [1.54, 1.807) is 37.4 Å². The number of hydrogen-bond donors (Lipinski definition) is 1. The number of aliphatic carboxylic acids is 1. The summed E-state index contributed by atoms with van der Waals surface area (Å²) >= 11 is 0. The van der Waals surface area contributed by atoms with Gasteiger partial charge in [0.2, 0.25) is 11.8 Å². The molecule has 2 heterocycles. The van der Waals surface area contributed by atoms with Gasteiger partial charge in [0, 0.05) is 30.7 Å². The molecule has 1 aliphatic heterocycles. The van der Waals surface area contributed by atoms with Crippen molar-refractivity contribution < 1.29 is 37.3 Å². The van der Waals surface area contributed by atoms with E-state index < -0.39 is 53.1 Å². The number of ether oxygens (including phenoxy) is 2. The SMILES string of the molecule is CO[C@H]1CCC[C@H](C(=O)N2[C@H](c3ccccc3)[C@H](Oc3cc(C(F)(F)F)cc(C)n3)[C@@H](C(C)(C)C)[C@@H]2C(=O)O)C1. The van der Waals surface area contributed by atoms with Crippen molar-refractivity contribution >= 4 is 11.9 Å². The highest BCUT2D eigenvalue weighted by Crippen LogP contribution is 2.50. The van der Waals surface area contributed by atoms with Gasteiger partial charge in [0.05, 0.1) is 17.7 Å². The van der Waals surface area contributed by atoms with E-state index in [2.05, 4.69) is 4.98 Å². The molecule has 0 radical (unpaired) electrons. The van der Waals surface area contributed by atoms with Gasteiger partial charge in [-0.25, -0.2) is 9.78 Å². The Kier molecular flexibility index (Phi) is 8.49. The number of hydrogen-bond acceptors (Lipinski definition) is 5. The minimum Gasteiger partial charge on any atom is -0.480 e. The number of halogens is 3. The molecular weight excluding hydrogens is 525 g/mol. The van der Waals surface area contributed by atoms with Crippen LogP contribution in [0.15, 0.2) is 42.5 Å². The highest BCUT2D eigenvalue weighted by atomic mass is 19.4. The number of amides is 1. The van der Waals surface area contributed by atoms with Gasteiger partial charge in [-0.15, -0.1) is 0 Å². The molecular formula is C30H37F3N2O5. The second-order valence-electron chi connectivity index (χ2n) is 11.9. The third-order valence-electron chi connectivity index (χ3n) is 8.08. The zero-order valence-corrected chi connectivity index (χ0v) is 23.4. The van der Waals surface area contributed by atoms with Crippen LogP contribution in [0.3, 0.4) is 0 Å². The number of methoxy groups -OCH3 is 1. The molecule has 1 saturated carbocycles. The Balaban J connectivity index is 1.87. The zero-order chi connectivity index (χ0) is 29.4. The topological polar surface area (TPSA) is 89.0 Å². The van der Waals surface area contributed by atoms with Crippen molar-refractivity contribution in [1.29, 1.82) is 0 Å². The standard InChI is InChI=1S/C30H37F3N2O5/c1-17-14-20(30(31,32)33)16-22(34-17)40-26-23(29(2,3)4)25(28(37)38)35(24(26)18-10-7-6-8-11-18)27(36)19-12-9-13-21(15-19)39-5/h6-8,10-11,14,16,19,21,23-26H,9,12-13,15H2,1-5H3,(H,37,38)/t19-,21-,23-,24+,25+,26+/m0/s1. The van der Waals surface area contributed by atoms with Crippen LogP contribution >= 0.6 is 0 Å². The highest BCUT2D eigenvalue weighted by molar-refractivity contribution is 5.87. The predicted molar refractivity (Wildman–Crippen MR) is 142 cm³/mol. The highest BCUT2D eigenvalue weighted by Gasteiger charge is 2.60. The molecule has 2 aromatic rings. The maximum absolute atomic E-state index is 14.3. The molecule has 1 amide bonds. The molecule has 1 saturated heterocycles. The predicted octanol–water partition coefficient (Wildman–Crippen LogP) is 6.06. The molecule has 1 aliphatic carbocycles. The molecule has 6 atom stereocenters. The first-order chi connectivity index (χ1) is 18.7. The zero-order valence-electron chi connectivity index (χ0n) is 23.4. The van der Waals surface area contributed by atoms with Crippen molar-refractivity contribution in [3.63, 3.8) is 0 Å². The smallest absolute Gasteiger partial charge is 0.416 e.